The number of hydrogen-bond acceptors (Lipinski definition) is 7. The zero-order chi connectivity index (χ0) is 59.0. The van der Waals surface area contributed by atoms with Gasteiger partial charge < -0.3 is 30.9 Å². The number of carbonyl (C=O) groups is 3. The van der Waals surface area contributed by atoms with Gasteiger partial charge in [-0.25, -0.2) is 29.1 Å². The summed E-state index contributed by atoms with van der Waals surface area (Å²) in [6.45, 7) is 4.71. The van der Waals surface area contributed by atoms with Gasteiger partial charge in [0.25, 0.3) is 11.8 Å². The number of likely N-dealkylation sites (N-methyl/N-ethyl adjacent to an activating group) is 1. The van der Waals surface area contributed by atoms with Crippen LogP contribution in [0.5, 0.6) is 0 Å². The van der Waals surface area contributed by atoms with Gasteiger partial charge in [0.15, 0.2) is 0 Å². The molecule has 0 spiro atoms. The molecule has 0 unspecified atom stereocenters. The van der Waals surface area contributed by atoms with Crippen LogP contribution >= 0.6 is 46.5 Å². The van der Waals surface area contributed by atoms with E-state index in [0.29, 0.717) is 54.7 Å². The van der Waals surface area contributed by atoms with E-state index in [-0.39, 0.29) is 62.9 Å². The van der Waals surface area contributed by atoms with Crippen LogP contribution in [-0.2, 0) is 46.1 Å². The van der Waals surface area contributed by atoms with Crippen molar-refractivity contribution in [1.29, 1.82) is 0 Å². The van der Waals surface area contributed by atoms with Gasteiger partial charge in [-0.15, -0.1) is 10.6 Å². The fraction of sp³-hybridized carbons (Fsp3) is 0.119. The topological polar surface area (TPSA) is 140 Å². The van der Waals surface area contributed by atoms with Gasteiger partial charge >= 0.3 is 58.1 Å². The van der Waals surface area contributed by atoms with Gasteiger partial charge in [-0.05, 0) is 90.5 Å². The Balaban J connectivity index is 0.000000210. The Morgan fingerprint density at radius 2 is 1.04 bits per heavy atom. The van der Waals surface area contributed by atoms with Gasteiger partial charge in [0.05, 0.1) is 17.3 Å². The minimum atomic E-state index is -0.409. The van der Waals surface area contributed by atoms with E-state index in [1.54, 1.807) is 71.7 Å². The predicted molar refractivity (Wildman–Crippen MR) is 346 cm³/mol. The van der Waals surface area contributed by atoms with Crippen LogP contribution in [0.25, 0.3) is 11.1 Å². The Kier molecular flexibility index (Phi) is 26.7. The maximum atomic E-state index is 13.1. The van der Waals surface area contributed by atoms with E-state index in [9.17, 15) is 14.4 Å². The van der Waals surface area contributed by atoms with Crippen molar-refractivity contribution in [2.24, 2.45) is 0 Å². The van der Waals surface area contributed by atoms with Crippen LogP contribution in [0.2, 0.25) is 5.02 Å². The summed E-state index contributed by atoms with van der Waals surface area (Å²) < 4.78 is 0. The summed E-state index contributed by atoms with van der Waals surface area (Å²) in [7, 11) is 10.6. The third kappa shape index (κ3) is 18.7. The van der Waals surface area contributed by atoms with E-state index < -0.39 is 21.8 Å². The van der Waals surface area contributed by atoms with Crippen LogP contribution in [0.4, 0.5) is 16.2 Å². The smallest absolute Gasteiger partial charge is 0.213 e. The minimum Gasteiger partial charge on any atom is -0.213 e. The molecule has 0 aliphatic carbocycles. The quantitative estimate of drug-likeness (QED) is 0.0308. The van der Waals surface area contributed by atoms with E-state index in [1.807, 2.05) is 25.1 Å². The first kappa shape index (κ1) is 65.9. The molecule has 0 radical (unpaired) electrons. The second-order valence-corrected chi connectivity index (χ2v) is 26.2. The van der Waals surface area contributed by atoms with Gasteiger partial charge in [-0.1, -0.05) is 169 Å². The molecule has 1 fully saturated rings. The van der Waals surface area contributed by atoms with Crippen LogP contribution in [0.1, 0.15) is 37.7 Å². The van der Waals surface area contributed by atoms with E-state index in [1.165, 1.54) is 31.8 Å². The first-order valence-corrected chi connectivity index (χ1v) is 33.9. The molecule has 3 heterocycles. The predicted octanol–water partition coefficient (Wildman–Crippen LogP) is 12.3. The maximum absolute atomic E-state index is 13.1. The first-order chi connectivity index (χ1) is 41.1. The summed E-state index contributed by atoms with van der Waals surface area (Å²) in [4.78, 5) is 50.2. The number of aromatic nitrogens is 2. The number of nitrogens with zero attached hydrogens (tertiary/aromatic N) is 4. The van der Waals surface area contributed by atoms with Gasteiger partial charge in [-0.3, -0.25) is 19.6 Å². The second-order valence-electron chi connectivity index (χ2n) is 19.0. The maximum Gasteiger partial charge on any atom is 2.00 e. The molecule has 11 rings (SSSR count). The first-order valence-electron chi connectivity index (χ1n) is 26.9. The van der Waals surface area contributed by atoms with Gasteiger partial charge in [0, 0.05) is 63.4 Å². The number of anilines is 2. The Morgan fingerprint density at radius 1 is 0.588 bits per heavy atom. The number of aliphatic hydroxyl groups excluding tert-OH is 1. The van der Waals surface area contributed by atoms with Gasteiger partial charge in [0.2, 0.25) is 0 Å². The van der Waals surface area contributed by atoms with E-state index in [4.69, 9.17) is 35.8 Å². The Bertz CT molecular complexity index is 3430. The third-order valence-electron chi connectivity index (χ3n) is 13.4. The number of hydrogen-bond donors (Lipinski definition) is 4. The van der Waals surface area contributed by atoms with Crippen molar-refractivity contribution in [3.8, 4) is 11.1 Å². The summed E-state index contributed by atoms with van der Waals surface area (Å²) >= 11 is 6.70. The SMILES string of the molecule is Cc1c(NC(=O)c2ccc(CN3CCN(C)C3=O)cn2)cccc1-c1cccc(NC(=O)c2ccc(CNCCO)cn2)c1Cl.[Cl][Pd][Cl].[Fe+2].c1ccc(P(c2ccccc2)c2ccc[cH-]2)cc1.c1ccc(P(c2ccccc2)c2ccc[cH-]2)cc1. The molecule has 1 aliphatic rings. The zero-order valence-corrected chi connectivity index (χ0v) is 53.2. The summed E-state index contributed by atoms with van der Waals surface area (Å²) in [6.07, 6.45) is 3.23. The summed E-state index contributed by atoms with van der Waals surface area (Å²) in [5.74, 6) is -0.770. The van der Waals surface area contributed by atoms with Crippen molar-refractivity contribution in [2.45, 2.75) is 20.0 Å². The fourth-order valence-corrected chi connectivity index (χ4v) is 14.1. The van der Waals surface area contributed by atoms with E-state index >= 15 is 0 Å². The normalized spacial score (nSPS) is 11.6. The van der Waals surface area contributed by atoms with Crippen molar-refractivity contribution in [3.05, 3.63) is 276 Å². The molecular formula is C67H62Cl3FeN7O4P2Pd. The minimum absolute atomic E-state index is 0. The van der Waals surface area contributed by atoms with Crippen molar-refractivity contribution >= 4 is 108 Å². The molecule has 4 N–H and O–H groups in total. The number of benzene rings is 6. The molecule has 85 heavy (non-hydrogen) atoms. The van der Waals surface area contributed by atoms with E-state index in [2.05, 4.69) is 196 Å². The average Bonchev–Trinajstić information content (AvgIpc) is 4.46. The monoisotopic (exact) mass is 1360 g/mol. The standard InChI is InChI=1S/C33H34ClN7O4.2C17H14P.2ClH.Fe.Pd/c1-21-24(25-6-4-8-27(30(25)34)39-32(44)28-11-9-22(18-36-28)17-35-13-16-42)5-3-7-26(21)38-31(43)29-12-10-23(19-37-29)20-41-15-14-40(2)33(41)45;2*1-3-9-15(10-4-1)18(17-13-7-8-14-17)16-11-5-2-6-12-16;;;;/h3-12,18-19,35,42H,13-17,20H2,1-2H3,(H,38,43)(H,39,44);2*1-14H;2*1H;;/q;2*-1;;;2*+2/p-2. The molecule has 11 nitrogen and oxygen atoms in total. The van der Waals surface area contributed by atoms with Crippen LogP contribution in [-0.4, -0.2) is 76.0 Å². The zero-order valence-electron chi connectivity index (χ0n) is 46.5. The Morgan fingerprint density at radius 3 is 1.45 bits per heavy atom. The fourth-order valence-electron chi connectivity index (χ4n) is 9.20. The molecule has 0 atom stereocenters. The molecular weight excluding hydrogens is 1300 g/mol. The van der Waals surface area contributed by atoms with Crippen molar-refractivity contribution < 1.29 is 52.5 Å². The number of carbonyl (C=O) groups excluding carboxylic acids is 3. The molecule has 438 valence electrons. The molecule has 1 aliphatic heterocycles. The number of rotatable bonds is 17. The third-order valence-corrected chi connectivity index (χ3v) is 18.7. The van der Waals surface area contributed by atoms with E-state index in [0.717, 1.165) is 22.3 Å². The summed E-state index contributed by atoms with van der Waals surface area (Å²) in [6, 6.07) is 78.2. The second kappa shape index (κ2) is 34.5. The Labute approximate surface area is 532 Å². The molecule has 2 aromatic heterocycles. The van der Waals surface area contributed by atoms with Crippen molar-refractivity contribution in [1.82, 2.24) is 25.1 Å². The molecule has 0 bridgehead atoms. The van der Waals surface area contributed by atoms with Crippen molar-refractivity contribution in [2.75, 3.05) is 43.9 Å². The van der Waals surface area contributed by atoms with Gasteiger partial charge in [-0.2, -0.15) is 24.3 Å². The molecule has 8 aromatic carbocycles. The molecule has 18 heteroatoms. The molecule has 10 aromatic rings. The van der Waals surface area contributed by atoms with Crippen LogP contribution in [0.15, 0.2) is 243 Å². The van der Waals surface area contributed by atoms with Crippen LogP contribution in [0, 0.1) is 6.92 Å². The number of amides is 4. The summed E-state index contributed by atoms with van der Waals surface area (Å²) in [5, 5.41) is 26.6. The van der Waals surface area contributed by atoms with Gasteiger partial charge in [0.1, 0.15) is 11.4 Å². The molecule has 4 amide bonds. The number of urea groups is 1. The summed E-state index contributed by atoms with van der Waals surface area (Å²) in [5.41, 5.74) is 5.50. The average molecular weight is 1360 g/mol. The van der Waals surface area contributed by atoms with Crippen LogP contribution in [0.3, 0.4) is 0 Å². The van der Waals surface area contributed by atoms with Crippen LogP contribution < -0.4 is 47.8 Å². The number of pyridine rings is 2. The number of nitrogens with one attached hydrogen (secondary N) is 3. The number of halogens is 3. The Hall–Kier alpha value is -6.64. The molecule has 0 saturated carbocycles. The largest absolute Gasteiger partial charge is 2.00 e. The molecule has 1 saturated heterocycles. The van der Waals surface area contributed by atoms with Crippen molar-refractivity contribution in [3.63, 3.8) is 0 Å². The number of aliphatic hydroxyl groups is 1.